The molecule has 7 rings (SSSR count). The molecule has 1 amide bonds. The molecule has 10 heteroatoms. The molecule has 5 aromatic rings. The first-order chi connectivity index (χ1) is 29.2. The summed E-state index contributed by atoms with van der Waals surface area (Å²) in [6.07, 6.45) is -4.56. The maximum absolute atomic E-state index is 13.8. The minimum absolute atomic E-state index is 0.0143. The lowest BCUT2D eigenvalue weighted by Crippen LogP contribution is -2.62. The number of aryl methyl sites for hydroxylation is 1. The van der Waals surface area contributed by atoms with E-state index in [1.54, 1.807) is 0 Å². The summed E-state index contributed by atoms with van der Waals surface area (Å²) >= 11 is 0. The molecule has 10 nitrogen and oxygen atoms in total. The Morgan fingerprint density at radius 3 is 1.60 bits per heavy atom. The molecule has 2 heterocycles. The number of carbonyl (C=O) groups is 1. The third kappa shape index (κ3) is 12.2. The van der Waals surface area contributed by atoms with Gasteiger partial charge in [-0.25, -0.2) is 0 Å². The van der Waals surface area contributed by atoms with E-state index in [2.05, 4.69) is 5.32 Å². The Balaban J connectivity index is 1.21. The molecule has 1 N–H and O–H groups in total. The van der Waals surface area contributed by atoms with Crippen molar-refractivity contribution >= 4 is 5.91 Å². The average molecular weight is 816 g/mol. The molecule has 5 aromatic carbocycles. The van der Waals surface area contributed by atoms with Crippen LogP contribution in [0.15, 0.2) is 146 Å². The fraction of sp³-hybridized carbons (Fsp3) is 0.380. The van der Waals surface area contributed by atoms with E-state index >= 15 is 0 Å². The average Bonchev–Trinajstić information content (AvgIpc) is 3.56. The molecule has 0 bridgehead atoms. The van der Waals surface area contributed by atoms with Gasteiger partial charge in [0.2, 0.25) is 0 Å². The minimum atomic E-state index is -0.971. The van der Waals surface area contributed by atoms with Crippen molar-refractivity contribution in [2.45, 2.75) is 109 Å². The van der Waals surface area contributed by atoms with Gasteiger partial charge in [0.05, 0.1) is 51.8 Å². The van der Waals surface area contributed by atoms with Crippen molar-refractivity contribution in [3.05, 3.63) is 179 Å². The van der Waals surface area contributed by atoms with E-state index < -0.39 is 48.6 Å². The number of benzene rings is 5. The Hall–Kier alpha value is -4.75. The van der Waals surface area contributed by atoms with Crippen LogP contribution in [0.5, 0.6) is 0 Å². The standard InChI is InChI=1S/C50H57NO9/c1-35-25-27-41(28-26-35)48(52)51-42(44-36(2)59-50(3,4)60-44)33-57-49-47(56-32-40-23-15-8-16-24-40)46(55-31-39-21-13-7-14-22-39)45(54-30-38-19-11-6-12-20-38)43(58-49)34-53-29-37-17-9-5-10-18-37/h5-28,36,42-47,49H,29-34H2,1-4H3,(H,51,52)/t36-,42+,43?,44-,45?,46?,47?,49?/m1/s1. The van der Waals surface area contributed by atoms with Crippen LogP contribution in [0.25, 0.3) is 0 Å². The molecule has 60 heavy (non-hydrogen) atoms. The maximum Gasteiger partial charge on any atom is 0.251 e. The zero-order valence-electron chi connectivity index (χ0n) is 34.9. The summed E-state index contributed by atoms with van der Waals surface area (Å²) in [6, 6.07) is 46.8. The lowest BCUT2D eigenvalue weighted by molar-refractivity contribution is -0.329. The van der Waals surface area contributed by atoms with Gasteiger partial charge in [0.25, 0.3) is 5.91 Å². The summed E-state index contributed by atoms with van der Waals surface area (Å²) in [5, 5.41) is 3.20. The van der Waals surface area contributed by atoms with Gasteiger partial charge in [-0.3, -0.25) is 4.79 Å². The van der Waals surface area contributed by atoms with Crippen LogP contribution < -0.4 is 5.32 Å². The molecule has 2 saturated heterocycles. The van der Waals surface area contributed by atoms with Gasteiger partial charge < -0.3 is 43.2 Å². The number of hydrogen-bond acceptors (Lipinski definition) is 9. The van der Waals surface area contributed by atoms with Crippen LogP contribution in [0.3, 0.4) is 0 Å². The van der Waals surface area contributed by atoms with Crippen molar-refractivity contribution in [2.75, 3.05) is 13.2 Å². The molecule has 0 spiro atoms. The molecule has 5 unspecified atom stereocenters. The third-order valence-corrected chi connectivity index (χ3v) is 10.7. The van der Waals surface area contributed by atoms with Gasteiger partial charge in [-0.1, -0.05) is 139 Å². The Morgan fingerprint density at radius 2 is 1.10 bits per heavy atom. The molecule has 2 aliphatic heterocycles. The molecular formula is C50H57NO9. The van der Waals surface area contributed by atoms with Crippen LogP contribution in [-0.2, 0) is 64.3 Å². The highest BCUT2D eigenvalue weighted by molar-refractivity contribution is 5.94. The van der Waals surface area contributed by atoms with Gasteiger partial charge in [0.1, 0.15) is 30.5 Å². The molecule has 0 aromatic heterocycles. The van der Waals surface area contributed by atoms with Crippen molar-refractivity contribution in [1.29, 1.82) is 0 Å². The topological polar surface area (TPSA) is 103 Å². The molecule has 0 saturated carbocycles. The predicted molar refractivity (Wildman–Crippen MR) is 228 cm³/mol. The Kier molecular flexibility index (Phi) is 15.3. The molecule has 0 aliphatic carbocycles. The number of carbonyl (C=O) groups excluding carboxylic acids is 1. The van der Waals surface area contributed by atoms with Gasteiger partial charge in [-0.2, -0.15) is 0 Å². The van der Waals surface area contributed by atoms with Gasteiger partial charge >= 0.3 is 0 Å². The van der Waals surface area contributed by atoms with Crippen LogP contribution in [0.1, 0.15) is 58.9 Å². The Bertz CT molecular complexity index is 2020. The predicted octanol–water partition coefficient (Wildman–Crippen LogP) is 8.35. The quantitative estimate of drug-likeness (QED) is 0.0882. The maximum atomic E-state index is 13.8. The lowest BCUT2D eigenvalue weighted by atomic mass is 9.97. The fourth-order valence-corrected chi connectivity index (χ4v) is 7.63. The van der Waals surface area contributed by atoms with E-state index in [4.69, 9.17) is 37.9 Å². The highest BCUT2D eigenvalue weighted by Gasteiger charge is 2.50. The zero-order valence-corrected chi connectivity index (χ0v) is 34.9. The molecule has 2 fully saturated rings. The molecule has 316 valence electrons. The second kappa shape index (κ2) is 21.2. The van der Waals surface area contributed by atoms with E-state index in [1.165, 1.54) is 0 Å². The van der Waals surface area contributed by atoms with Crippen LogP contribution >= 0.6 is 0 Å². The Labute approximate surface area is 354 Å². The molecular weight excluding hydrogens is 759 g/mol. The summed E-state index contributed by atoms with van der Waals surface area (Å²) in [6.45, 7) is 9.10. The van der Waals surface area contributed by atoms with Crippen molar-refractivity contribution in [3.8, 4) is 0 Å². The van der Waals surface area contributed by atoms with Crippen LogP contribution in [0.2, 0.25) is 0 Å². The van der Waals surface area contributed by atoms with Gasteiger partial charge in [-0.15, -0.1) is 0 Å². The van der Waals surface area contributed by atoms with E-state index in [1.807, 2.05) is 173 Å². The Morgan fingerprint density at radius 1 is 0.617 bits per heavy atom. The largest absolute Gasteiger partial charge is 0.374 e. The normalized spacial score (nSPS) is 24.2. The number of ether oxygens (including phenoxy) is 8. The number of hydrogen-bond donors (Lipinski definition) is 1. The highest BCUT2D eigenvalue weighted by atomic mass is 16.8. The summed E-state index contributed by atoms with van der Waals surface area (Å²) in [7, 11) is 0. The van der Waals surface area contributed by atoms with Crippen molar-refractivity contribution in [2.24, 2.45) is 0 Å². The summed E-state index contributed by atoms with van der Waals surface area (Å²) in [4.78, 5) is 13.8. The van der Waals surface area contributed by atoms with Crippen LogP contribution in [-0.4, -0.2) is 73.9 Å². The van der Waals surface area contributed by atoms with Gasteiger partial charge in [0, 0.05) is 5.56 Å². The van der Waals surface area contributed by atoms with E-state index in [-0.39, 0.29) is 31.8 Å². The second-order valence-corrected chi connectivity index (χ2v) is 15.9. The second-order valence-electron chi connectivity index (χ2n) is 15.9. The SMILES string of the molecule is Cc1ccc(C(=O)N[C@@H](COC2OC(COCc3ccccc3)C(OCc3ccccc3)C(OCc3ccccc3)C2OCc2ccccc2)[C@@H]2OC(C)(C)O[C@@H]2C)cc1. The molecule has 0 radical (unpaired) electrons. The van der Waals surface area contributed by atoms with Crippen LogP contribution in [0, 0.1) is 6.92 Å². The summed E-state index contributed by atoms with van der Waals surface area (Å²) < 4.78 is 53.2. The lowest BCUT2D eigenvalue weighted by Gasteiger charge is -2.46. The summed E-state index contributed by atoms with van der Waals surface area (Å²) in [5.41, 5.74) is 5.60. The number of rotatable bonds is 19. The highest BCUT2D eigenvalue weighted by Crippen LogP contribution is 2.34. The van der Waals surface area contributed by atoms with Gasteiger partial charge in [-0.05, 0) is 62.1 Å². The van der Waals surface area contributed by atoms with Crippen LogP contribution in [0.4, 0.5) is 0 Å². The number of amides is 1. The first kappa shape index (κ1) is 43.3. The minimum Gasteiger partial charge on any atom is -0.374 e. The first-order valence-corrected chi connectivity index (χ1v) is 20.8. The zero-order chi connectivity index (χ0) is 41.7. The van der Waals surface area contributed by atoms with Crippen molar-refractivity contribution in [3.63, 3.8) is 0 Å². The third-order valence-electron chi connectivity index (χ3n) is 10.7. The molecule has 2 aliphatic rings. The van der Waals surface area contributed by atoms with Crippen molar-refractivity contribution < 1.29 is 42.7 Å². The van der Waals surface area contributed by atoms with E-state index in [9.17, 15) is 4.79 Å². The monoisotopic (exact) mass is 815 g/mol. The van der Waals surface area contributed by atoms with E-state index in [0.29, 0.717) is 25.4 Å². The van der Waals surface area contributed by atoms with Gasteiger partial charge in [0.15, 0.2) is 12.1 Å². The molecule has 8 atom stereocenters. The summed E-state index contributed by atoms with van der Waals surface area (Å²) in [5.74, 6) is -1.11. The number of nitrogens with one attached hydrogen (secondary N) is 1. The fourth-order valence-electron chi connectivity index (χ4n) is 7.63. The van der Waals surface area contributed by atoms with E-state index in [0.717, 1.165) is 27.8 Å². The smallest absolute Gasteiger partial charge is 0.251 e. The van der Waals surface area contributed by atoms with Crippen molar-refractivity contribution in [1.82, 2.24) is 5.32 Å². The first-order valence-electron chi connectivity index (χ1n) is 20.8.